The highest BCUT2D eigenvalue weighted by atomic mass is 35.5. The molecule has 1 aromatic heterocycles. The molecule has 1 amide bonds. The van der Waals surface area contributed by atoms with Crippen LogP contribution in [0, 0.1) is 0 Å². The summed E-state index contributed by atoms with van der Waals surface area (Å²) in [6.45, 7) is 0. The number of carbonyl (C=O) groups is 1. The first kappa shape index (κ1) is 12.6. The largest absolute Gasteiger partial charge is 0.322 e. The van der Waals surface area contributed by atoms with Gasteiger partial charge in [-0.1, -0.05) is 29.8 Å². The molecule has 20 heavy (non-hydrogen) atoms. The molecule has 0 fully saturated rings. The van der Waals surface area contributed by atoms with Crippen molar-refractivity contribution in [3.63, 3.8) is 0 Å². The van der Waals surface area contributed by atoms with Gasteiger partial charge in [-0.3, -0.25) is 9.78 Å². The predicted molar refractivity (Wildman–Crippen MR) is 81.1 cm³/mol. The number of halogens is 1. The Balaban J connectivity index is 1.94. The van der Waals surface area contributed by atoms with Crippen LogP contribution in [0.1, 0.15) is 10.4 Å². The van der Waals surface area contributed by atoms with E-state index in [-0.39, 0.29) is 5.91 Å². The monoisotopic (exact) mass is 282 g/mol. The van der Waals surface area contributed by atoms with Crippen molar-refractivity contribution >= 4 is 34.1 Å². The average Bonchev–Trinajstić information content (AvgIpc) is 2.49. The third-order valence-corrected chi connectivity index (χ3v) is 3.23. The lowest BCUT2D eigenvalue weighted by Crippen LogP contribution is -2.12. The Morgan fingerprint density at radius 2 is 1.75 bits per heavy atom. The number of hydrogen-bond donors (Lipinski definition) is 1. The van der Waals surface area contributed by atoms with Gasteiger partial charge in [0.2, 0.25) is 0 Å². The van der Waals surface area contributed by atoms with Gasteiger partial charge in [0.25, 0.3) is 5.91 Å². The lowest BCUT2D eigenvalue weighted by atomic mass is 10.1. The first-order valence-electron chi connectivity index (χ1n) is 6.15. The summed E-state index contributed by atoms with van der Waals surface area (Å²) >= 11 is 5.82. The van der Waals surface area contributed by atoms with Gasteiger partial charge in [0.15, 0.2) is 0 Å². The smallest absolute Gasteiger partial charge is 0.257 e. The fraction of sp³-hybridized carbons (Fsp3) is 0. The zero-order valence-electron chi connectivity index (χ0n) is 10.5. The summed E-state index contributed by atoms with van der Waals surface area (Å²) in [5.41, 5.74) is 1.95. The fourth-order valence-electron chi connectivity index (χ4n) is 2.02. The van der Waals surface area contributed by atoms with E-state index in [2.05, 4.69) is 10.3 Å². The van der Waals surface area contributed by atoms with E-state index in [9.17, 15) is 4.79 Å². The maximum atomic E-state index is 12.3. The first-order valence-corrected chi connectivity index (χ1v) is 6.52. The van der Waals surface area contributed by atoms with Crippen molar-refractivity contribution in [3.8, 4) is 0 Å². The summed E-state index contributed by atoms with van der Waals surface area (Å²) in [5, 5.41) is 4.42. The van der Waals surface area contributed by atoms with Gasteiger partial charge in [0, 0.05) is 22.3 Å². The number of rotatable bonds is 2. The number of hydrogen-bond acceptors (Lipinski definition) is 2. The number of pyridine rings is 1. The van der Waals surface area contributed by atoms with Crippen molar-refractivity contribution in [2.75, 3.05) is 5.32 Å². The van der Waals surface area contributed by atoms with E-state index in [4.69, 9.17) is 11.6 Å². The number of amides is 1. The van der Waals surface area contributed by atoms with E-state index in [0.717, 1.165) is 5.39 Å². The van der Waals surface area contributed by atoms with E-state index < -0.39 is 0 Å². The van der Waals surface area contributed by atoms with Crippen LogP contribution in [0.25, 0.3) is 10.9 Å². The highest BCUT2D eigenvalue weighted by Gasteiger charge is 2.10. The summed E-state index contributed by atoms with van der Waals surface area (Å²) in [6.07, 6.45) is 1.68. The molecule has 3 nitrogen and oxygen atoms in total. The summed E-state index contributed by atoms with van der Waals surface area (Å²) in [7, 11) is 0. The van der Waals surface area contributed by atoms with Gasteiger partial charge in [-0.15, -0.1) is 0 Å². The molecule has 0 radical (unpaired) electrons. The molecule has 0 unspecified atom stereocenters. The zero-order valence-corrected chi connectivity index (χ0v) is 11.3. The molecule has 0 bridgehead atoms. The number of para-hydroxylation sites is 1. The topological polar surface area (TPSA) is 42.0 Å². The minimum Gasteiger partial charge on any atom is -0.322 e. The third kappa shape index (κ3) is 2.49. The van der Waals surface area contributed by atoms with Gasteiger partial charge in [-0.05, 0) is 36.4 Å². The molecule has 1 heterocycles. The third-order valence-electron chi connectivity index (χ3n) is 2.98. The Morgan fingerprint density at radius 3 is 2.55 bits per heavy atom. The van der Waals surface area contributed by atoms with Crippen LogP contribution in [0.5, 0.6) is 0 Å². The molecule has 3 rings (SSSR count). The van der Waals surface area contributed by atoms with Crippen LogP contribution < -0.4 is 5.32 Å². The SMILES string of the molecule is O=C(Nc1ccc(Cl)cc1)c1cccc2cccnc12. The molecule has 2 aromatic carbocycles. The Bertz CT molecular complexity index is 764. The highest BCUT2D eigenvalue weighted by Crippen LogP contribution is 2.18. The molecule has 4 heteroatoms. The van der Waals surface area contributed by atoms with Gasteiger partial charge in [0.05, 0.1) is 11.1 Å². The lowest BCUT2D eigenvalue weighted by Gasteiger charge is -2.07. The van der Waals surface area contributed by atoms with E-state index in [1.54, 1.807) is 36.5 Å². The fourth-order valence-corrected chi connectivity index (χ4v) is 2.15. The van der Waals surface area contributed by atoms with Gasteiger partial charge in [-0.25, -0.2) is 0 Å². The molecular formula is C16H11ClN2O. The standard InChI is InChI=1S/C16H11ClN2O/c17-12-6-8-13(9-7-12)19-16(20)14-5-1-3-11-4-2-10-18-15(11)14/h1-10H,(H,19,20). The van der Waals surface area contributed by atoms with Gasteiger partial charge in [-0.2, -0.15) is 0 Å². The molecule has 1 N–H and O–H groups in total. The predicted octanol–water partition coefficient (Wildman–Crippen LogP) is 4.14. The van der Waals surface area contributed by atoms with E-state index in [0.29, 0.717) is 21.8 Å². The maximum absolute atomic E-state index is 12.3. The van der Waals surface area contributed by atoms with E-state index in [1.807, 2.05) is 24.3 Å². The second-order valence-electron chi connectivity index (χ2n) is 4.34. The van der Waals surface area contributed by atoms with Crippen molar-refractivity contribution < 1.29 is 4.79 Å². The van der Waals surface area contributed by atoms with Crippen LogP contribution in [0.3, 0.4) is 0 Å². The van der Waals surface area contributed by atoms with Gasteiger partial charge < -0.3 is 5.32 Å². The summed E-state index contributed by atoms with van der Waals surface area (Å²) in [6, 6.07) is 16.3. The van der Waals surface area contributed by atoms with Crippen LogP contribution in [0.2, 0.25) is 5.02 Å². The molecule has 98 valence electrons. The zero-order chi connectivity index (χ0) is 13.9. The van der Waals surface area contributed by atoms with Crippen LogP contribution in [0.4, 0.5) is 5.69 Å². The maximum Gasteiger partial charge on any atom is 0.257 e. The molecule has 0 aliphatic carbocycles. The normalized spacial score (nSPS) is 10.4. The lowest BCUT2D eigenvalue weighted by molar-refractivity contribution is 0.102. The minimum absolute atomic E-state index is 0.184. The summed E-state index contributed by atoms with van der Waals surface area (Å²) in [5.74, 6) is -0.184. The Hall–Kier alpha value is -2.39. The number of fused-ring (bicyclic) bond motifs is 1. The van der Waals surface area contributed by atoms with Crippen molar-refractivity contribution in [2.24, 2.45) is 0 Å². The number of benzene rings is 2. The van der Waals surface area contributed by atoms with Crippen LogP contribution in [0.15, 0.2) is 60.8 Å². The van der Waals surface area contributed by atoms with Gasteiger partial charge in [0.1, 0.15) is 0 Å². The molecule has 0 aliphatic heterocycles. The summed E-state index contributed by atoms with van der Waals surface area (Å²) < 4.78 is 0. The molecule has 0 saturated heterocycles. The molecule has 0 atom stereocenters. The molecule has 0 aliphatic rings. The number of carbonyl (C=O) groups excluding carboxylic acids is 1. The second-order valence-corrected chi connectivity index (χ2v) is 4.78. The van der Waals surface area contributed by atoms with Crippen LogP contribution >= 0.6 is 11.6 Å². The van der Waals surface area contributed by atoms with E-state index >= 15 is 0 Å². The number of nitrogens with zero attached hydrogens (tertiary/aromatic N) is 1. The Morgan fingerprint density at radius 1 is 1.00 bits per heavy atom. The van der Waals surface area contributed by atoms with E-state index in [1.165, 1.54) is 0 Å². The van der Waals surface area contributed by atoms with Crippen molar-refractivity contribution in [1.82, 2.24) is 4.98 Å². The van der Waals surface area contributed by atoms with Gasteiger partial charge >= 0.3 is 0 Å². The van der Waals surface area contributed by atoms with Crippen molar-refractivity contribution in [1.29, 1.82) is 0 Å². The quantitative estimate of drug-likeness (QED) is 0.767. The van der Waals surface area contributed by atoms with Crippen molar-refractivity contribution in [3.05, 3.63) is 71.4 Å². The molecule has 0 spiro atoms. The summed E-state index contributed by atoms with van der Waals surface area (Å²) in [4.78, 5) is 16.6. The molecular weight excluding hydrogens is 272 g/mol. The molecule has 0 saturated carbocycles. The minimum atomic E-state index is -0.184. The average molecular weight is 283 g/mol. The molecule has 3 aromatic rings. The first-order chi connectivity index (χ1) is 9.74. The number of nitrogens with one attached hydrogen (secondary N) is 1. The number of aromatic nitrogens is 1. The van der Waals surface area contributed by atoms with Crippen LogP contribution in [-0.4, -0.2) is 10.9 Å². The van der Waals surface area contributed by atoms with Crippen molar-refractivity contribution in [2.45, 2.75) is 0 Å². The number of anilines is 1. The highest BCUT2D eigenvalue weighted by molar-refractivity contribution is 6.30. The van der Waals surface area contributed by atoms with Crippen LogP contribution in [-0.2, 0) is 0 Å². The Labute approximate surface area is 121 Å². The second kappa shape index (κ2) is 5.31. The Kier molecular flexibility index (Phi) is 3.35.